The Bertz CT molecular complexity index is 1520. The van der Waals surface area contributed by atoms with E-state index in [1.54, 1.807) is 59.3 Å². The molecule has 9 heteroatoms. The second-order valence-corrected chi connectivity index (χ2v) is 8.27. The summed E-state index contributed by atoms with van der Waals surface area (Å²) < 4.78 is 1.57. The van der Waals surface area contributed by atoms with Crippen LogP contribution in [0.1, 0.15) is 37.7 Å². The molecule has 0 radical (unpaired) electrons. The third-order valence-corrected chi connectivity index (χ3v) is 6.18. The zero-order valence-electron chi connectivity index (χ0n) is 18.8. The van der Waals surface area contributed by atoms with Crippen LogP contribution in [0.2, 0.25) is 0 Å². The maximum atomic E-state index is 13.3. The molecule has 0 bridgehead atoms. The van der Waals surface area contributed by atoms with Crippen LogP contribution in [0.5, 0.6) is 0 Å². The van der Waals surface area contributed by atoms with E-state index < -0.39 is 0 Å². The van der Waals surface area contributed by atoms with Crippen LogP contribution in [0.4, 0.5) is 5.69 Å². The van der Waals surface area contributed by atoms with Gasteiger partial charge in [-0.05, 0) is 42.3 Å². The van der Waals surface area contributed by atoms with Crippen LogP contribution in [0.15, 0.2) is 65.6 Å². The number of imide groups is 1. The SMILES string of the molecule is N=Cc1ccc(CCn2c(CCN3C(=O)c4ccccc4C3=O)nc3ncccc3c2=O)cc1N. The van der Waals surface area contributed by atoms with E-state index in [9.17, 15) is 14.4 Å². The highest BCUT2D eigenvalue weighted by Crippen LogP contribution is 2.22. The van der Waals surface area contributed by atoms with Crippen molar-refractivity contribution in [2.75, 3.05) is 12.3 Å². The average Bonchev–Trinajstić information content (AvgIpc) is 3.12. The molecule has 1 aliphatic rings. The smallest absolute Gasteiger partial charge is 0.263 e. The molecular formula is C26H22N6O3. The van der Waals surface area contributed by atoms with E-state index in [1.807, 2.05) is 6.07 Å². The molecule has 0 unspecified atom stereocenters. The van der Waals surface area contributed by atoms with Crippen molar-refractivity contribution in [2.24, 2.45) is 0 Å². The van der Waals surface area contributed by atoms with Crippen LogP contribution < -0.4 is 11.3 Å². The van der Waals surface area contributed by atoms with Crippen LogP contribution in [0.25, 0.3) is 11.0 Å². The van der Waals surface area contributed by atoms with Gasteiger partial charge in [-0.25, -0.2) is 9.97 Å². The van der Waals surface area contributed by atoms with Crippen LogP contribution in [0.3, 0.4) is 0 Å². The molecule has 0 saturated carbocycles. The van der Waals surface area contributed by atoms with Crippen molar-refractivity contribution in [3.8, 4) is 0 Å². The summed E-state index contributed by atoms with van der Waals surface area (Å²) in [7, 11) is 0. The average molecular weight is 467 g/mol. The summed E-state index contributed by atoms with van der Waals surface area (Å²) in [5.74, 6) is -0.248. The standard InChI is InChI=1S/C26H22N6O3/c27-15-17-8-7-16(14-21(17)28)9-12-31-22(30-23-20(26(31)35)6-3-11-29-23)10-13-32-24(33)18-4-1-2-5-19(18)25(32)34/h1-8,11,14-15,27H,9-10,12-13,28H2. The fourth-order valence-electron chi connectivity index (χ4n) is 4.33. The number of benzene rings is 2. The number of hydrogen-bond acceptors (Lipinski definition) is 7. The topological polar surface area (TPSA) is 135 Å². The van der Waals surface area contributed by atoms with Gasteiger partial charge in [-0.3, -0.25) is 23.9 Å². The van der Waals surface area contributed by atoms with Crippen molar-refractivity contribution >= 4 is 34.7 Å². The Balaban J connectivity index is 1.44. The number of nitrogens with one attached hydrogen (secondary N) is 1. The van der Waals surface area contributed by atoms with E-state index >= 15 is 0 Å². The number of aromatic nitrogens is 3. The van der Waals surface area contributed by atoms with Gasteiger partial charge >= 0.3 is 0 Å². The minimum atomic E-state index is -0.347. The Morgan fingerprint density at radius 1 is 0.914 bits per heavy atom. The van der Waals surface area contributed by atoms with Crippen molar-refractivity contribution in [3.63, 3.8) is 0 Å². The number of pyridine rings is 1. The molecule has 0 fully saturated rings. The molecular weight excluding hydrogens is 444 g/mol. The van der Waals surface area contributed by atoms with E-state index in [4.69, 9.17) is 11.1 Å². The lowest BCUT2D eigenvalue weighted by Crippen LogP contribution is -2.34. The molecule has 9 nitrogen and oxygen atoms in total. The summed E-state index contributed by atoms with van der Waals surface area (Å²) >= 11 is 0. The van der Waals surface area contributed by atoms with Gasteiger partial charge in [0, 0.05) is 43.2 Å². The van der Waals surface area contributed by atoms with Crippen LogP contribution in [-0.4, -0.2) is 44.0 Å². The summed E-state index contributed by atoms with van der Waals surface area (Å²) in [4.78, 5) is 48.9. The lowest BCUT2D eigenvalue weighted by Gasteiger charge is -2.17. The minimum Gasteiger partial charge on any atom is -0.398 e. The lowest BCUT2D eigenvalue weighted by atomic mass is 10.1. The van der Waals surface area contributed by atoms with E-state index in [0.717, 1.165) is 5.56 Å². The number of aryl methyl sites for hydroxylation is 1. The molecule has 0 saturated heterocycles. The maximum Gasteiger partial charge on any atom is 0.263 e. The lowest BCUT2D eigenvalue weighted by molar-refractivity contribution is 0.0655. The van der Waals surface area contributed by atoms with Gasteiger partial charge in [-0.15, -0.1) is 0 Å². The summed E-state index contributed by atoms with van der Waals surface area (Å²) in [6.07, 6.45) is 3.49. The zero-order valence-corrected chi connectivity index (χ0v) is 18.8. The number of anilines is 1. The highest BCUT2D eigenvalue weighted by Gasteiger charge is 2.34. The van der Waals surface area contributed by atoms with Gasteiger partial charge < -0.3 is 11.1 Å². The molecule has 3 heterocycles. The van der Waals surface area contributed by atoms with Crippen molar-refractivity contribution in [1.82, 2.24) is 19.4 Å². The summed E-state index contributed by atoms with van der Waals surface area (Å²) in [6.45, 7) is 0.426. The number of fused-ring (bicyclic) bond motifs is 2. The number of nitrogens with two attached hydrogens (primary N) is 1. The molecule has 5 rings (SSSR count). The molecule has 3 N–H and O–H groups in total. The van der Waals surface area contributed by atoms with Crippen LogP contribution in [-0.2, 0) is 19.4 Å². The number of hydrogen-bond donors (Lipinski definition) is 2. The van der Waals surface area contributed by atoms with Crippen molar-refractivity contribution < 1.29 is 9.59 Å². The number of rotatable bonds is 7. The largest absolute Gasteiger partial charge is 0.398 e. The zero-order chi connectivity index (χ0) is 24.5. The van der Waals surface area contributed by atoms with Gasteiger partial charge in [0.1, 0.15) is 5.82 Å². The Kier molecular flexibility index (Phi) is 5.66. The Hall–Kier alpha value is -4.66. The summed E-state index contributed by atoms with van der Waals surface area (Å²) in [5.41, 5.74) is 8.91. The summed E-state index contributed by atoms with van der Waals surface area (Å²) in [6, 6.07) is 15.5. The molecule has 4 aromatic rings. The molecule has 174 valence electrons. The minimum absolute atomic E-state index is 0.0953. The highest BCUT2D eigenvalue weighted by molar-refractivity contribution is 6.21. The quantitative estimate of drug-likeness (QED) is 0.244. The Morgan fingerprint density at radius 3 is 2.34 bits per heavy atom. The Morgan fingerprint density at radius 2 is 1.66 bits per heavy atom. The normalized spacial score (nSPS) is 12.9. The van der Waals surface area contributed by atoms with E-state index in [2.05, 4.69) is 9.97 Å². The third kappa shape index (κ3) is 3.97. The monoisotopic (exact) mass is 466 g/mol. The highest BCUT2D eigenvalue weighted by atomic mass is 16.2. The number of carbonyl (C=O) groups is 2. The van der Waals surface area contributed by atoms with Gasteiger partial charge in [0.25, 0.3) is 17.4 Å². The number of amides is 2. The third-order valence-electron chi connectivity index (χ3n) is 6.18. The van der Waals surface area contributed by atoms with Gasteiger partial charge in [0.2, 0.25) is 0 Å². The molecule has 1 aliphatic heterocycles. The van der Waals surface area contributed by atoms with Crippen LogP contribution >= 0.6 is 0 Å². The first-order chi connectivity index (χ1) is 17.0. The Labute approximate surface area is 200 Å². The van der Waals surface area contributed by atoms with E-state index in [1.165, 1.54) is 11.1 Å². The van der Waals surface area contributed by atoms with Crippen molar-refractivity contribution in [2.45, 2.75) is 19.4 Å². The number of nitrogen functional groups attached to an aromatic ring is 1. The second-order valence-electron chi connectivity index (χ2n) is 8.27. The van der Waals surface area contributed by atoms with Crippen molar-refractivity contribution in [1.29, 1.82) is 5.41 Å². The first-order valence-electron chi connectivity index (χ1n) is 11.2. The fourth-order valence-corrected chi connectivity index (χ4v) is 4.33. The second kappa shape index (κ2) is 8.94. The first kappa shape index (κ1) is 22.1. The van der Waals surface area contributed by atoms with E-state index in [0.29, 0.717) is 52.2 Å². The van der Waals surface area contributed by atoms with Crippen LogP contribution in [0, 0.1) is 5.41 Å². The fraction of sp³-hybridized carbons (Fsp3) is 0.154. The molecule has 2 amide bonds. The van der Waals surface area contributed by atoms with Crippen molar-refractivity contribution in [3.05, 3.63) is 99.2 Å². The van der Waals surface area contributed by atoms with E-state index in [-0.39, 0.29) is 30.3 Å². The maximum absolute atomic E-state index is 13.3. The molecule has 0 atom stereocenters. The number of nitrogens with zero attached hydrogens (tertiary/aromatic N) is 4. The molecule has 2 aromatic carbocycles. The van der Waals surface area contributed by atoms with Gasteiger partial charge in [0.15, 0.2) is 5.65 Å². The first-order valence-corrected chi connectivity index (χ1v) is 11.2. The van der Waals surface area contributed by atoms with Gasteiger partial charge in [0.05, 0.1) is 16.5 Å². The molecule has 0 spiro atoms. The predicted octanol–water partition coefficient (Wildman–Crippen LogP) is 2.45. The molecule has 0 aliphatic carbocycles. The summed E-state index contributed by atoms with van der Waals surface area (Å²) in [5, 5.41) is 7.79. The number of carbonyl (C=O) groups excluding carboxylic acids is 2. The predicted molar refractivity (Wildman–Crippen MR) is 132 cm³/mol. The molecule has 35 heavy (non-hydrogen) atoms. The van der Waals surface area contributed by atoms with Gasteiger partial charge in [-0.2, -0.15) is 0 Å². The van der Waals surface area contributed by atoms with Gasteiger partial charge in [-0.1, -0.05) is 24.3 Å². The molecule has 2 aromatic heterocycles.